The van der Waals surface area contributed by atoms with Crippen LogP contribution in [0, 0.1) is 5.82 Å². The summed E-state index contributed by atoms with van der Waals surface area (Å²) in [5.74, 6) is -0.581. The quantitative estimate of drug-likeness (QED) is 0.863. The van der Waals surface area contributed by atoms with Crippen LogP contribution in [0.4, 0.5) is 4.39 Å². The maximum Gasteiger partial charge on any atom is 0.169 e. The highest BCUT2D eigenvalue weighted by molar-refractivity contribution is 7.90. The van der Waals surface area contributed by atoms with Crippen molar-refractivity contribution in [2.75, 3.05) is 26.2 Å². The lowest BCUT2D eigenvalue weighted by molar-refractivity contribution is 0.381. The van der Waals surface area contributed by atoms with Crippen LogP contribution in [0.2, 0.25) is 0 Å². The van der Waals surface area contributed by atoms with Crippen LogP contribution in [0.3, 0.4) is 0 Å². The first kappa shape index (κ1) is 13.9. The first-order valence-corrected chi connectivity index (χ1v) is 7.12. The molecule has 0 aliphatic carbocycles. The van der Waals surface area contributed by atoms with Crippen molar-refractivity contribution in [2.24, 2.45) is 0 Å². The molecule has 0 spiro atoms. The molecule has 1 aromatic carbocycles. The fourth-order valence-electron chi connectivity index (χ4n) is 1.59. The second-order valence-corrected chi connectivity index (χ2v) is 5.98. The highest BCUT2D eigenvalue weighted by Crippen LogP contribution is 2.25. The summed E-state index contributed by atoms with van der Waals surface area (Å²) in [5, 5.41) is 2.79. The number of methoxy groups -OCH3 is 1. The second kappa shape index (κ2) is 5.46. The Hall–Kier alpha value is -1.14. The van der Waals surface area contributed by atoms with E-state index in [4.69, 9.17) is 4.74 Å². The van der Waals surface area contributed by atoms with Gasteiger partial charge >= 0.3 is 0 Å². The Labute approximate surface area is 101 Å². The van der Waals surface area contributed by atoms with Gasteiger partial charge in [0, 0.05) is 17.9 Å². The fraction of sp³-hybridized carbons (Fsp3) is 0.455. The van der Waals surface area contributed by atoms with E-state index in [1.807, 2.05) is 0 Å². The van der Waals surface area contributed by atoms with Gasteiger partial charge in [-0.15, -0.1) is 0 Å². The van der Waals surface area contributed by atoms with E-state index in [1.165, 1.54) is 13.2 Å². The zero-order valence-corrected chi connectivity index (χ0v) is 10.8. The maximum atomic E-state index is 13.9. The Morgan fingerprint density at radius 3 is 2.59 bits per heavy atom. The standard InChI is InChI=1S/C11H16FNO3S/c1-13-9(7-17(3,14)15)8-5-4-6-10(16-2)11(8)12/h4-6,9,13H,7H2,1-3H3. The van der Waals surface area contributed by atoms with Gasteiger partial charge in [0.2, 0.25) is 0 Å². The number of nitrogens with one attached hydrogen (secondary N) is 1. The lowest BCUT2D eigenvalue weighted by Crippen LogP contribution is -2.25. The number of hydrogen-bond acceptors (Lipinski definition) is 4. The highest BCUT2D eigenvalue weighted by Gasteiger charge is 2.20. The molecule has 0 saturated heterocycles. The van der Waals surface area contributed by atoms with Gasteiger partial charge < -0.3 is 10.1 Å². The van der Waals surface area contributed by atoms with Crippen LogP contribution in [0.1, 0.15) is 11.6 Å². The highest BCUT2D eigenvalue weighted by atomic mass is 32.2. The molecule has 1 atom stereocenters. The van der Waals surface area contributed by atoms with Gasteiger partial charge in [0.15, 0.2) is 11.6 Å². The van der Waals surface area contributed by atoms with Crippen LogP contribution in [0.25, 0.3) is 0 Å². The van der Waals surface area contributed by atoms with Crippen LogP contribution in [0.15, 0.2) is 18.2 Å². The predicted molar refractivity (Wildman–Crippen MR) is 64.5 cm³/mol. The monoisotopic (exact) mass is 261 g/mol. The van der Waals surface area contributed by atoms with E-state index in [0.29, 0.717) is 0 Å². The molecule has 0 aliphatic heterocycles. The van der Waals surface area contributed by atoms with Crippen molar-refractivity contribution in [3.8, 4) is 5.75 Å². The first-order valence-electron chi connectivity index (χ1n) is 5.06. The minimum absolute atomic E-state index is 0.108. The molecule has 0 fully saturated rings. The predicted octanol–water partition coefficient (Wildman–Crippen LogP) is 1.14. The number of ether oxygens (including phenoxy) is 1. The molecule has 0 bridgehead atoms. The van der Waals surface area contributed by atoms with E-state index in [2.05, 4.69) is 5.32 Å². The number of benzene rings is 1. The van der Waals surface area contributed by atoms with E-state index in [-0.39, 0.29) is 17.1 Å². The summed E-state index contributed by atoms with van der Waals surface area (Å²) in [6.07, 6.45) is 1.12. The molecule has 1 aromatic rings. The fourth-order valence-corrected chi connectivity index (χ4v) is 2.54. The Kier molecular flexibility index (Phi) is 4.47. The Balaban J connectivity index is 3.12. The molecule has 1 rings (SSSR count). The van der Waals surface area contributed by atoms with Crippen LogP contribution >= 0.6 is 0 Å². The third-order valence-corrected chi connectivity index (χ3v) is 3.35. The molecule has 17 heavy (non-hydrogen) atoms. The largest absolute Gasteiger partial charge is 0.494 e. The van der Waals surface area contributed by atoms with E-state index in [9.17, 15) is 12.8 Å². The number of rotatable bonds is 5. The molecule has 4 nitrogen and oxygen atoms in total. The molecular weight excluding hydrogens is 245 g/mol. The molecule has 0 aromatic heterocycles. The lowest BCUT2D eigenvalue weighted by Gasteiger charge is -2.17. The number of halogens is 1. The zero-order chi connectivity index (χ0) is 13.1. The van der Waals surface area contributed by atoms with E-state index in [0.717, 1.165) is 6.26 Å². The van der Waals surface area contributed by atoms with Crippen LogP contribution in [-0.2, 0) is 9.84 Å². The van der Waals surface area contributed by atoms with Crippen molar-refractivity contribution < 1.29 is 17.5 Å². The van der Waals surface area contributed by atoms with Gasteiger partial charge in [-0.3, -0.25) is 0 Å². The summed E-state index contributed by atoms with van der Waals surface area (Å²) in [7, 11) is -0.230. The van der Waals surface area contributed by atoms with Crippen molar-refractivity contribution in [1.29, 1.82) is 0 Å². The van der Waals surface area contributed by atoms with Crippen molar-refractivity contribution in [3.63, 3.8) is 0 Å². The van der Waals surface area contributed by atoms with Crippen molar-refractivity contribution in [2.45, 2.75) is 6.04 Å². The molecule has 1 unspecified atom stereocenters. The van der Waals surface area contributed by atoms with Gasteiger partial charge in [-0.2, -0.15) is 0 Å². The summed E-state index contributed by atoms with van der Waals surface area (Å²) in [6, 6.07) is 4.08. The molecule has 0 saturated carbocycles. The number of hydrogen-bond donors (Lipinski definition) is 1. The van der Waals surface area contributed by atoms with Crippen LogP contribution in [-0.4, -0.2) is 34.6 Å². The maximum absolute atomic E-state index is 13.9. The normalized spacial score (nSPS) is 13.4. The minimum Gasteiger partial charge on any atom is -0.494 e. The molecule has 6 heteroatoms. The van der Waals surface area contributed by atoms with Gasteiger partial charge in [0.1, 0.15) is 9.84 Å². The van der Waals surface area contributed by atoms with Crippen molar-refractivity contribution in [1.82, 2.24) is 5.32 Å². The van der Waals surface area contributed by atoms with E-state index >= 15 is 0 Å². The third kappa shape index (κ3) is 3.67. The van der Waals surface area contributed by atoms with Crippen molar-refractivity contribution in [3.05, 3.63) is 29.6 Å². The Bertz CT molecular complexity index is 487. The zero-order valence-electron chi connectivity index (χ0n) is 10.0. The molecule has 0 aliphatic rings. The van der Waals surface area contributed by atoms with Gasteiger partial charge in [-0.1, -0.05) is 12.1 Å². The van der Waals surface area contributed by atoms with Crippen LogP contribution < -0.4 is 10.1 Å². The summed E-state index contributed by atoms with van der Waals surface area (Å²) in [4.78, 5) is 0. The van der Waals surface area contributed by atoms with Crippen molar-refractivity contribution >= 4 is 9.84 Å². The van der Waals surface area contributed by atoms with Gasteiger partial charge in [0.05, 0.1) is 12.9 Å². The van der Waals surface area contributed by atoms with Crippen LogP contribution in [0.5, 0.6) is 5.75 Å². The Morgan fingerprint density at radius 1 is 1.47 bits per heavy atom. The number of sulfone groups is 1. The average Bonchev–Trinajstić information content (AvgIpc) is 2.25. The van der Waals surface area contributed by atoms with E-state index < -0.39 is 21.7 Å². The van der Waals surface area contributed by atoms with Gasteiger partial charge in [0.25, 0.3) is 0 Å². The Morgan fingerprint density at radius 2 is 2.12 bits per heavy atom. The SMILES string of the molecule is CNC(CS(C)(=O)=O)c1cccc(OC)c1F. The summed E-state index contributed by atoms with van der Waals surface area (Å²) in [6.45, 7) is 0. The summed E-state index contributed by atoms with van der Waals surface area (Å²) < 4.78 is 41.3. The lowest BCUT2D eigenvalue weighted by atomic mass is 10.1. The van der Waals surface area contributed by atoms with E-state index in [1.54, 1.807) is 19.2 Å². The third-order valence-electron chi connectivity index (χ3n) is 2.41. The molecule has 1 N–H and O–H groups in total. The molecule has 0 amide bonds. The first-order chi connectivity index (χ1) is 7.89. The topological polar surface area (TPSA) is 55.4 Å². The smallest absolute Gasteiger partial charge is 0.169 e. The second-order valence-electron chi connectivity index (χ2n) is 3.80. The molecule has 0 heterocycles. The van der Waals surface area contributed by atoms with Gasteiger partial charge in [-0.05, 0) is 13.1 Å². The minimum atomic E-state index is -3.19. The molecule has 96 valence electrons. The average molecular weight is 261 g/mol. The molecular formula is C11H16FNO3S. The summed E-state index contributed by atoms with van der Waals surface area (Å²) in [5.41, 5.74) is 0.289. The summed E-state index contributed by atoms with van der Waals surface area (Å²) >= 11 is 0. The van der Waals surface area contributed by atoms with Gasteiger partial charge in [-0.25, -0.2) is 12.8 Å². The molecule has 0 radical (unpaired) electrons.